The quantitative estimate of drug-likeness (QED) is 0.651. The SMILES string of the molecule is CCOCCN(CCOCC)C(=O)C1(C)CCCC1N. The number of rotatable bonds is 9. The molecule has 1 aliphatic carbocycles. The van der Waals surface area contributed by atoms with E-state index in [1.807, 2.05) is 25.7 Å². The van der Waals surface area contributed by atoms with E-state index >= 15 is 0 Å². The van der Waals surface area contributed by atoms with Gasteiger partial charge in [-0.1, -0.05) is 6.42 Å². The summed E-state index contributed by atoms with van der Waals surface area (Å²) in [7, 11) is 0. The van der Waals surface area contributed by atoms with Crippen LogP contribution in [0.3, 0.4) is 0 Å². The fraction of sp³-hybridized carbons (Fsp3) is 0.933. The minimum atomic E-state index is -0.418. The zero-order valence-electron chi connectivity index (χ0n) is 13.2. The van der Waals surface area contributed by atoms with Crippen LogP contribution < -0.4 is 5.73 Å². The van der Waals surface area contributed by atoms with Gasteiger partial charge in [-0.15, -0.1) is 0 Å². The number of hydrogen-bond acceptors (Lipinski definition) is 4. The first-order valence-electron chi connectivity index (χ1n) is 7.76. The largest absolute Gasteiger partial charge is 0.380 e. The molecule has 1 aliphatic rings. The number of nitrogens with two attached hydrogens (primary N) is 1. The molecule has 0 aromatic heterocycles. The van der Waals surface area contributed by atoms with Crippen LogP contribution in [0.15, 0.2) is 0 Å². The van der Waals surface area contributed by atoms with Crippen molar-refractivity contribution < 1.29 is 14.3 Å². The minimum Gasteiger partial charge on any atom is -0.380 e. The van der Waals surface area contributed by atoms with Crippen molar-refractivity contribution in [2.24, 2.45) is 11.1 Å². The third-order valence-corrected chi connectivity index (χ3v) is 4.22. The Morgan fingerprint density at radius 3 is 2.20 bits per heavy atom. The standard InChI is InChI=1S/C15H30N2O3/c1-4-19-11-9-17(10-12-20-5-2)14(18)15(3)8-6-7-13(15)16/h13H,4-12,16H2,1-3H3. The van der Waals surface area contributed by atoms with Gasteiger partial charge in [0, 0.05) is 32.3 Å². The van der Waals surface area contributed by atoms with Crippen LogP contribution in [0, 0.1) is 5.41 Å². The average molecular weight is 286 g/mol. The van der Waals surface area contributed by atoms with Crippen molar-refractivity contribution >= 4 is 5.91 Å². The van der Waals surface area contributed by atoms with Crippen molar-refractivity contribution in [1.82, 2.24) is 4.90 Å². The molecule has 0 aromatic carbocycles. The number of amides is 1. The van der Waals surface area contributed by atoms with Gasteiger partial charge < -0.3 is 20.1 Å². The fourth-order valence-corrected chi connectivity index (χ4v) is 2.77. The summed E-state index contributed by atoms with van der Waals surface area (Å²) in [5.41, 5.74) is 5.73. The van der Waals surface area contributed by atoms with E-state index in [4.69, 9.17) is 15.2 Å². The van der Waals surface area contributed by atoms with E-state index in [-0.39, 0.29) is 11.9 Å². The lowest BCUT2D eigenvalue weighted by molar-refractivity contribution is -0.143. The maximum atomic E-state index is 12.8. The molecule has 2 unspecified atom stereocenters. The number of carbonyl (C=O) groups is 1. The van der Waals surface area contributed by atoms with Gasteiger partial charge in [-0.25, -0.2) is 0 Å². The normalized spacial score (nSPS) is 25.9. The first kappa shape index (κ1) is 17.4. The molecule has 2 N–H and O–H groups in total. The smallest absolute Gasteiger partial charge is 0.230 e. The van der Waals surface area contributed by atoms with E-state index < -0.39 is 5.41 Å². The predicted octanol–water partition coefficient (Wildman–Crippen LogP) is 1.41. The third kappa shape index (κ3) is 4.43. The Hall–Kier alpha value is -0.650. The first-order valence-corrected chi connectivity index (χ1v) is 7.76. The van der Waals surface area contributed by atoms with Gasteiger partial charge in [-0.2, -0.15) is 0 Å². The highest BCUT2D eigenvalue weighted by Gasteiger charge is 2.44. The van der Waals surface area contributed by atoms with Crippen molar-refractivity contribution in [3.05, 3.63) is 0 Å². The van der Waals surface area contributed by atoms with E-state index in [0.29, 0.717) is 39.5 Å². The van der Waals surface area contributed by atoms with E-state index in [1.54, 1.807) is 0 Å². The molecule has 1 rings (SSSR count). The monoisotopic (exact) mass is 286 g/mol. The molecule has 5 heteroatoms. The molecule has 0 spiro atoms. The molecule has 2 atom stereocenters. The molecule has 0 aliphatic heterocycles. The molecule has 118 valence electrons. The Bertz CT molecular complexity index is 289. The molecule has 1 amide bonds. The van der Waals surface area contributed by atoms with Crippen molar-refractivity contribution in [3.63, 3.8) is 0 Å². The average Bonchev–Trinajstić information content (AvgIpc) is 2.78. The molecule has 5 nitrogen and oxygen atoms in total. The van der Waals surface area contributed by atoms with Gasteiger partial charge in [-0.05, 0) is 33.6 Å². The van der Waals surface area contributed by atoms with Crippen molar-refractivity contribution in [2.75, 3.05) is 39.5 Å². The lowest BCUT2D eigenvalue weighted by atomic mass is 9.83. The maximum absolute atomic E-state index is 12.8. The van der Waals surface area contributed by atoms with Crippen LogP contribution in [0.5, 0.6) is 0 Å². The van der Waals surface area contributed by atoms with Gasteiger partial charge in [-0.3, -0.25) is 4.79 Å². The second-order valence-electron chi connectivity index (χ2n) is 5.60. The summed E-state index contributed by atoms with van der Waals surface area (Å²) < 4.78 is 10.8. The molecule has 0 aromatic rings. The van der Waals surface area contributed by atoms with Crippen LogP contribution in [-0.2, 0) is 14.3 Å². The van der Waals surface area contributed by atoms with Crippen molar-refractivity contribution in [1.29, 1.82) is 0 Å². The summed E-state index contributed by atoms with van der Waals surface area (Å²) in [6.45, 7) is 9.63. The van der Waals surface area contributed by atoms with E-state index in [0.717, 1.165) is 19.3 Å². The Balaban J connectivity index is 2.62. The van der Waals surface area contributed by atoms with Crippen LogP contribution in [0.1, 0.15) is 40.0 Å². The summed E-state index contributed by atoms with van der Waals surface area (Å²) in [5, 5.41) is 0. The molecule has 1 fully saturated rings. The topological polar surface area (TPSA) is 64.8 Å². The minimum absolute atomic E-state index is 0.0308. The lowest BCUT2D eigenvalue weighted by Gasteiger charge is -2.34. The lowest BCUT2D eigenvalue weighted by Crippen LogP contribution is -2.50. The molecule has 20 heavy (non-hydrogen) atoms. The first-order chi connectivity index (χ1) is 9.56. The molecular weight excluding hydrogens is 256 g/mol. The molecule has 0 heterocycles. The Kier molecular flexibility index (Phi) is 7.48. The van der Waals surface area contributed by atoms with Crippen molar-refractivity contribution in [2.45, 2.75) is 46.1 Å². The summed E-state index contributed by atoms with van der Waals surface area (Å²) in [6.07, 6.45) is 2.86. The van der Waals surface area contributed by atoms with E-state index in [9.17, 15) is 4.79 Å². The van der Waals surface area contributed by atoms with Crippen LogP contribution >= 0.6 is 0 Å². The van der Waals surface area contributed by atoms with Gasteiger partial charge in [0.25, 0.3) is 0 Å². The van der Waals surface area contributed by atoms with Crippen LogP contribution in [-0.4, -0.2) is 56.4 Å². The van der Waals surface area contributed by atoms with Gasteiger partial charge in [0.2, 0.25) is 5.91 Å². The predicted molar refractivity (Wildman–Crippen MR) is 79.5 cm³/mol. The third-order valence-electron chi connectivity index (χ3n) is 4.22. The number of nitrogens with zero attached hydrogens (tertiary/aromatic N) is 1. The highest BCUT2D eigenvalue weighted by Crippen LogP contribution is 2.38. The summed E-state index contributed by atoms with van der Waals surface area (Å²) in [4.78, 5) is 14.7. The molecular formula is C15H30N2O3. The van der Waals surface area contributed by atoms with Gasteiger partial charge in [0.1, 0.15) is 0 Å². The van der Waals surface area contributed by atoms with E-state index in [1.165, 1.54) is 0 Å². The Morgan fingerprint density at radius 2 is 1.80 bits per heavy atom. The van der Waals surface area contributed by atoms with Crippen LogP contribution in [0.4, 0.5) is 0 Å². The van der Waals surface area contributed by atoms with Gasteiger partial charge in [0.15, 0.2) is 0 Å². The zero-order valence-corrected chi connectivity index (χ0v) is 13.2. The van der Waals surface area contributed by atoms with Gasteiger partial charge in [0.05, 0.1) is 18.6 Å². The molecule has 0 bridgehead atoms. The maximum Gasteiger partial charge on any atom is 0.230 e. The summed E-state index contributed by atoms with van der Waals surface area (Å²) in [5.74, 6) is 0.155. The highest BCUT2D eigenvalue weighted by molar-refractivity contribution is 5.83. The zero-order chi connectivity index (χ0) is 15.0. The van der Waals surface area contributed by atoms with E-state index in [2.05, 4.69) is 0 Å². The second kappa shape index (κ2) is 8.60. The molecule has 1 saturated carbocycles. The number of carbonyl (C=O) groups excluding carboxylic acids is 1. The Morgan fingerprint density at radius 1 is 1.25 bits per heavy atom. The van der Waals surface area contributed by atoms with Crippen LogP contribution in [0.2, 0.25) is 0 Å². The van der Waals surface area contributed by atoms with Crippen molar-refractivity contribution in [3.8, 4) is 0 Å². The van der Waals surface area contributed by atoms with Crippen LogP contribution in [0.25, 0.3) is 0 Å². The summed E-state index contributed by atoms with van der Waals surface area (Å²) in [6, 6.07) is -0.0308. The highest BCUT2D eigenvalue weighted by atomic mass is 16.5. The molecule has 0 radical (unpaired) electrons. The number of ether oxygens (including phenoxy) is 2. The second-order valence-corrected chi connectivity index (χ2v) is 5.60. The fourth-order valence-electron chi connectivity index (χ4n) is 2.77. The Labute approximate surface area is 122 Å². The van der Waals surface area contributed by atoms with Gasteiger partial charge >= 0.3 is 0 Å². The number of hydrogen-bond donors (Lipinski definition) is 1. The molecule has 0 saturated heterocycles. The summed E-state index contributed by atoms with van der Waals surface area (Å²) >= 11 is 0.